The van der Waals surface area contributed by atoms with Crippen LogP contribution in [0, 0.1) is 13.8 Å². The number of anilines is 1. The maximum Gasteiger partial charge on any atom is 0.242 e. The summed E-state index contributed by atoms with van der Waals surface area (Å²) >= 11 is 0. The summed E-state index contributed by atoms with van der Waals surface area (Å²) in [5.74, 6) is 0.233. The van der Waals surface area contributed by atoms with Gasteiger partial charge in [0.05, 0.1) is 19.1 Å². The van der Waals surface area contributed by atoms with Crippen molar-refractivity contribution >= 4 is 27.5 Å². The molecule has 0 aliphatic carbocycles. The molecule has 0 heterocycles. The van der Waals surface area contributed by atoms with Crippen molar-refractivity contribution in [2.75, 3.05) is 24.2 Å². The summed E-state index contributed by atoms with van der Waals surface area (Å²) in [5.41, 5.74) is 2.90. The zero-order chi connectivity index (χ0) is 28.0. The predicted molar refractivity (Wildman–Crippen MR) is 148 cm³/mol. The average Bonchev–Trinajstić information content (AvgIpc) is 2.80. The number of carbonyl (C=O) groups is 2. The molecule has 0 spiro atoms. The van der Waals surface area contributed by atoms with Crippen molar-refractivity contribution in [1.29, 1.82) is 0 Å². The molecule has 0 bridgehead atoms. The third kappa shape index (κ3) is 8.77. The van der Waals surface area contributed by atoms with Crippen LogP contribution in [-0.2, 0) is 26.2 Å². The van der Waals surface area contributed by atoms with Gasteiger partial charge in [-0.15, -0.1) is 0 Å². The van der Waals surface area contributed by atoms with Gasteiger partial charge >= 0.3 is 0 Å². The molecule has 1 N–H and O–H groups in total. The van der Waals surface area contributed by atoms with E-state index in [1.807, 2.05) is 71.0 Å². The lowest BCUT2D eigenvalue weighted by molar-refractivity contribution is -0.141. The van der Waals surface area contributed by atoms with Gasteiger partial charge in [-0.05, 0) is 82.9 Å². The number of nitrogens with zero attached hydrogens (tertiary/aromatic N) is 2. The number of methoxy groups -OCH3 is 1. The number of aryl methyl sites for hydroxylation is 1. The first-order chi connectivity index (χ1) is 17.1. The zero-order valence-electron chi connectivity index (χ0n) is 23.3. The quantitative estimate of drug-likeness (QED) is 0.469. The Morgan fingerprint density at radius 3 is 2.22 bits per heavy atom. The first-order valence-corrected chi connectivity index (χ1v) is 14.3. The van der Waals surface area contributed by atoms with Crippen molar-refractivity contribution in [3.05, 3.63) is 59.2 Å². The molecule has 0 radical (unpaired) electrons. The van der Waals surface area contributed by atoms with Crippen molar-refractivity contribution in [2.24, 2.45) is 0 Å². The number of benzene rings is 2. The normalized spacial score (nSPS) is 12.5. The average molecular weight is 532 g/mol. The number of hydrogen-bond acceptors (Lipinski definition) is 5. The van der Waals surface area contributed by atoms with E-state index < -0.39 is 21.6 Å². The molecule has 8 nitrogen and oxygen atoms in total. The highest BCUT2D eigenvalue weighted by Crippen LogP contribution is 2.25. The second-order valence-electron chi connectivity index (χ2n) is 10.4. The Balaban J connectivity index is 2.23. The van der Waals surface area contributed by atoms with Crippen molar-refractivity contribution in [1.82, 2.24) is 10.2 Å². The number of ether oxygens (including phenoxy) is 1. The summed E-state index contributed by atoms with van der Waals surface area (Å²) in [7, 11) is -1.96. The Bertz CT molecular complexity index is 1190. The molecule has 2 aromatic carbocycles. The van der Waals surface area contributed by atoms with E-state index in [1.54, 1.807) is 25.0 Å². The number of amides is 2. The molecule has 0 saturated carbocycles. The highest BCUT2D eigenvalue weighted by Gasteiger charge is 2.29. The Kier molecular flexibility index (Phi) is 10.1. The number of nitrogens with one attached hydrogen (secondary N) is 1. The smallest absolute Gasteiger partial charge is 0.242 e. The van der Waals surface area contributed by atoms with Crippen molar-refractivity contribution in [3.63, 3.8) is 0 Å². The van der Waals surface area contributed by atoms with Crippen molar-refractivity contribution in [3.8, 4) is 5.75 Å². The zero-order valence-corrected chi connectivity index (χ0v) is 24.1. The number of sulfonamides is 1. The fourth-order valence-corrected chi connectivity index (χ4v) is 4.99. The summed E-state index contributed by atoms with van der Waals surface area (Å²) in [6.07, 6.45) is 1.58. The van der Waals surface area contributed by atoms with Crippen LogP contribution in [0.3, 0.4) is 0 Å². The number of carbonyl (C=O) groups excluding carboxylic acids is 2. The van der Waals surface area contributed by atoms with E-state index in [9.17, 15) is 18.0 Å². The molecule has 1 atom stereocenters. The van der Waals surface area contributed by atoms with E-state index in [-0.39, 0.29) is 31.3 Å². The fourth-order valence-electron chi connectivity index (χ4n) is 3.97. The standard InChI is InChI=1S/C28H41N3O5S/c1-20-11-9-12-25(21(20)2)31(37(8,34)35)18-10-13-26(32)30(22(3)27(33)29-28(4,5)6)19-23-14-16-24(36-7)17-15-23/h9,11-12,14-17,22H,10,13,18-19H2,1-8H3,(H,29,33)/t22-/m0/s1. The molecule has 0 aromatic heterocycles. The van der Waals surface area contributed by atoms with Crippen LogP contribution in [0.5, 0.6) is 5.75 Å². The predicted octanol–water partition coefficient (Wildman–Crippen LogP) is 4.19. The van der Waals surface area contributed by atoms with Gasteiger partial charge in [0.1, 0.15) is 11.8 Å². The highest BCUT2D eigenvalue weighted by molar-refractivity contribution is 7.92. The van der Waals surface area contributed by atoms with Crippen LogP contribution >= 0.6 is 0 Å². The van der Waals surface area contributed by atoms with Crippen molar-refractivity contribution in [2.45, 2.75) is 72.5 Å². The molecule has 0 saturated heterocycles. The third-order valence-corrected chi connectivity index (χ3v) is 7.35. The monoisotopic (exact) mass is 531 g/mol. The Morgan fingerprint density at radius 1 is 1.05 bits per heavy atom. The van der Waals surface area contributed by atoms with Gasteiger partial charge in [-0.25, -0.2) is 8.42 Å². The molecule has 2 amide bonds. The van der Waals surface area contributed by atoms with E-state index in [0.29, 0.717) is 17.9 Å². The first-order valence-electron chi connectivity index (χ1n) is 12.4. The van der Waals surface area contributed by atoms with Gasteiger partial charge in [-0.1, -0.05) is 24.3 Å². The van der Waals surface area contributed by atoms with E-state index in [2.05, 4.69) is 5.32 Å². The minimum Gasteiger partial charge on any atom is -0.497 e. The van der Waals surface area contributed by atoms with Gasteiger partial charge in [-0.3, -0.25) is 13.9 Å². The molecule has 0 aliphatic rings. The Morgan fingerprint density at radius 2 is 1.68 bits per heavy atom. The molecule has 0 unspecified atom stereocenters. The van der Waals surface area contributed by atoms with E-state index in [4.69, 9.17) is 4.74 Å². The van der Waals surface area contributed by atoms with Crippen LogP contribution in [0.1, 0.15) is 57.2 Å². The maximum atomic E-state index is 13.4. The van der Waals surface area contributed by atoms with Gasteiger partial charge < -0.3 is 15.0 Å². The van der Waals surface area contributed by atoms with Gasteiger partial charge in [0.2, 0.25) is 21.8 Å². The van der Waals surface area contributed by atoms with Crippen LogP contribution in [0.15, 0.2) is 42.5 Å². The summed E-state index contributed by atoms with van der Waals surface area (Å²) < 4.78 is 31.8. The molecule has 9 heteroatoms. The summed E-state index contributed by atoms with van der Waals surface area (Å²) in [6, 6.07) is 12.2. The minimum absolute atomic E-state index is 0.0974. The van der Waals surface area contributed by atoms with Gasteiger partial charge in [0.25, 0.3) is 0 Å². The fraction of sp³-hybridized carbons (Fsp3) is 0.500. The lowest BCUT2D eigenvalue weighted by atomic mass is 10.1. The van der Waals surface area contributed by atoms with Gasteiger partial charge in [-0.2, -0.15) is 0 Å². The highest BCUT2D eigenvalue weighted by atomic mass is 32.2. The van der Waals surface area contributed by atoms with E-state index in [0.717, 1.165) is 16.7 Å². The molecule has 2 aromatic rings. The van der Waals surface area contributed by atoms with E-state index in [1.165, 1.54) is 10.6 Å². The SMILES string of the molecule is COc1ccc(CN(C(=O)CCCN(c2cccc(C)c2C)S(C)(=O)=O)[C@@H](C)C(=O)NC(C)(C)C)cc1. The van der Waals surface area contributed by atoms with Crippen LogP contribution in [0.25, 0.3) is 0 Å². The Hall–Kier alpha value is -3.07. The second kappa shape index (κ2) is 12.4. The van der Waals surface area contributed by atoms with Gasteiger partial charge in [0.15, 0.2) is 0 Å². The van der Waals surface area contributed by atoms with Crippen LogP contribution in [0.4, 0.5) is 5.69 Å². The molecule has 37 heavy (non-hydrogen) atoms. The molecule has 204 valence electrons. The minimum atomic E-state index is -3.55. The molecule has 2 rings (SSSR count). The topological polar surface area (TPSA) is 96.0 Å². The van der Waals surface area contributed by atoms with Crippen LogP contribution in [-0.4, -0.2) is 56.6 Å². The molecular weight excluding hydrogens is 490 g/mol. The molecule has 0 aliphatic heterocycles. The number of hydrogen-bond donors (Lipinski definition) is 1. The summed E-state index contributed by atoms with van der Waals surface area (Å²) in [5, 5.41) is 2.95. The van der Waals surface area contributed by atoms with Crippen LogP contribution in [0.2, 0.25) is 0 Å². The Labute approximate surface area is 222 Å². The van der Waals surface area contributed by atoms with E-state index >= 15 is 0 Å². The van der Waals surface area contributed by atoms with Gasteiger partial charge in [0, 0.05) is 25.0 Å². The second-order valence-corrected chi connectivity index (χ2v) is 12.3. The lowest BCUT2D eigenvalue weighted by Gasteiger charge is -2.32. The summed E-state index contributed by atoms with van der Waals surface area (Å²) in [4.78, 5) is 27.9. The van der Waals surface area contributed by atoms with Crippen LogP contribution < -0.4 is 14.4 Å². The molecular formula is C28H41N3O5S. The molecule has 0 fully saturated rings. The lowest BCUT2D eigenvalue weighted by Crippen LogP contribution is -2.52. The third-order valence-electron chi connectivity index (χ3n) is 6.17. The van der Waals surface area contributed by atoms with Crippen molar-refractivity contribution < 1.29 is 22.7 Å². The first kappa shape index (κ1) is 30.2. The maximum absolute atomic E-state index is 13.4. The summed E-state index contributed by atoms with van der Waals surface area (Å²) in [6.45, 7) is 11.6. The largest absolute Gasteiger partial charge is 0.497 e. The number of rotatable bonds is 11.